The first-order chi connectivity index (χ1) is 14.4. The van der Waals surface area contributed by atoms with Crippen molar-refractivity contribution < 1.29 is 40.0 Å². The smallest absolute Gasteiger partial charge is 0.416 e. The standard InChI is InChI=1S/C21H15F6O3P/c22-20(23,24)16-8-4-10-18(12-16)29-31(28,14-15-6-2-1-3-7-15)30-19-11-5-9-17(13-19)21(25,26)27/h1-13H,14H2. The number of hydrogen-bond acceptors (Lipinski definition) is 3. The van der Waals surface area contributed by atoms with Gasteiger partial charge in [0.15, 0.2) is 0 Å². The molecule has 3 nitrogen and oxygen atoms in total. The lowest BCUT2D eigenvalue weighted by molar-refractivity contribution is -0.138. The van der Waals surface area contributed by atoms with Crippen LogP contribution < -0.4 is 9.05 Å². The van der Waals surface area contributed by atoms with Crippen LogP contribution in [0.5, 0.6) is 11.5 Å². The van der Waals surface area contributed by atoms with Crippen molar-refractivity contribution in [2.45, 2.75) is 18.5 Å². The van der Waals surface area contributed by atoms with E-state index in [1.54, 1.807) is 30.3 Å². The van der Waals surface area contributed by atoms with E-state index in [0.717, 1.165) is 36.4 Å². The second-order valence-electron chi connectivity index (χ2n) is 6.49. The van der Waals surface area contributed by atoms with E-state index in [2.05, 4.69) is 0 Å². The maximum absolute atomic E-state index is 13.4. The van der Waals surface area contributed by atoms with E-state index in [0.29, 0.717) is 17.7 Å². The maximum atomic E-state index is 13.4. The fourth-order valence-electron chi connectivity index (χ4n) is 2.67. The van der Waals surface area contributed by atoms with Crippen LogP contribution in [0.15, 0.2) is 78.9 Å². The van der Waals surface area contributed by atoms with Crippen molar-refractivity contribution in [2.24, 2.45) is 0 Å². The lowest BCUT2D eigenvalue weighted by Crippen LogP contribution is -2.08. The Morgan fingerprint density at radius 3 is 1.52 bits per heavy atom. The zero-order valence-corrected chi connectivity index (χ0v) is 16.5. The van der Waals surface area contributed by atoms with Gasteiger partial charge in [0.25, 0.3) is 0 Å². The summed E-state index contributed by atoms with van der Waals surface area (Å²) in [5, 5.41) is 0. The number of benzene rings is 3. The largest absolute Gasteiger partial charge is 0.435 e. The summed E-state index contributed by atoms with van der Waals surface area (Å²) >= 11 is 0. The summed E-state index contributed by atoms with van der Waals surface area (Å²) in [7, 11) is -4.26. The molecule has 0 aromatic heterocycles. The van der Waals surface area contributed by atoms with Crippen LogP contribution >= 0.6 is 7.60 Å². The average Bonchev–Trinajstić information content (AvgIpc) is 2.67. The number of alkyl halides is 6. The van der Waals surface area contributed by atoms with Gasteiger partial charge in [-0.25, -0.2) is 4.57 Å². The highest BCUT2D eigenvalue weighted by molar-refractivity contribution is 7.53. The Morgan fingerprint density at radius 2 is 1.10 bits per heavy atom. The molecule has 0 saturated carbocycles. The van der Waals surface area contributed by atoms with Crippen molar-refractivity contribution in [3.63, 3.8) is 0 Å². The minimum Gasteiger partial charge on any atom is -0.416 e. The number of halogens is 6. The lowest BCUT2D eigenvalue weighted by Gasteiger charge is -2.21. The average molecular weight is 460 g/mol. The molecular weight excluding hydrogens is 445 g/mol. The molecular formula is C21H15F6O3P. The van der Waals surface area contributed by atoms with Crippen molar-refractivity contribution in [1.29, 1.82) is 0 Å². The predicted octanol–water partition coefficient (Wildman–Crippen LogP) is 7.58. The van der Waals surface area contributed by atoms with Crippen LogP contribution in [-0.4, -0.2) is 0 Å². The molecule has 0 bridgehead atoms. The van der Waals surface area contributed by atoms with Crippen molar-refractivity contribution >= 4 is 7.60 Å². The third-order valence-electron chi connectivity index (χ3n) is 4.03. The summed E-state index contributed by atoms with van der Waals surface area (Å²) < 4.78 is 102. The first-order valence-electron chi connectivity index (χ1n) is 8.81. The summed E-state index contributed by atoms with van der Waals surface area (Å²) in [5.74, 6) is -0.776. The minimum atomic E-state index is -4.66. The van der Waals surface area contributed by atoms with Gasteiger partial charge in [0.2, 0.25) is 0 Å². The van der Waals surface area contributed by atoms with E-state index in [9.17, 15) is 30.9 Å². The van der Waals surface area contributed by atoms with Gasteiger partial charge in [-0.15, -0.1) is 0 Å². The molecule has 10 heteroatoms. The van der Waals surface area contributed by atoms with Gasteiger partial charge in [0, 0.05) is 0 Å². The molecule has 0 aliphatic carbocycles. The minimum absolute atomic E-state index is 0.375. The van der Waals surface area contributed by atoms with Gasteiger partial charge >= 0.3 is 19.9 Å². The Labute approximate surface area is 173 Å². The molecule has 31 heavy (non-hydrogen) atoms. The van der Waals surface area contributed by atoms with Crippen molar-refractivity contribution in [3.8, 4) is 11.5 Å². The first kappa shape index (κ1) is 22.7. The Hall–Kier alpha value is -2.93. The molecule has 0 atom stereocenters. The van der Waals surface area contributed by atoms with Crippen LogP contribution in [0.2, 0.25) is 0 Å². The normalized spacial score (nSPS) is 12.5. The van der Waals surface area contributed by atoms with E-state index in [4.69, 9.17) is 9.05 Å². The molecule has 0 unspecified atom stereocenters. The van der Waals surface area contributed by atoms with Crippen LogP contribution in [-0.2, 0) is 23.1 Å². The highest BCUT2D eigenvalue weighted by Crippen LogP contribution is 2.52. The van der Waals surface area contributed by atoms with Crippen molar-refractivity contribution in [2.75, 3.05) is 0 Å². The fraction of sp³-hybridized carbons (Fsp3) is 0.143. The predicted molar refractivity (Wildman–Crippen MR) is 102 cm³/mol. The summed E-state index contributed by atoms with van der Waals surface area (Å²) in [6, 6.07) is 15.5. The van der Waals surface area contributed by atoms with Gasteiger partial charge in [-0.2, -0.15) is 26.3 Å². The molecule has 0 spiro atoms. The summed E-state index contributed by atoms with van der Waals surface area (Å²) in [6.45, 7) is 0. The van der Waals surface area contributed by atoms with Gasteiger partial charge < -0.3 is 9.05 Å². The van der Waals surface area contributed by atoms with Crippen LogP contribution in [0.3, 0.4) is 0 Å². The van der Waals surface area contributed by atoms with Crippen LogP contribution in [0.4, 0.5) is 26.3 Å². The lowest BCUT2D eigenvalue weighted by atomic mass is 10.2. The Morgan fingerprint density at radius 1 is 0.645 bits per heavy atom. The van der Waals surface area contributed by atoms with E-state index in [1.165, 1.54) is 0 Å². The topological polar surface area (TPSA) is 35.5 Å². The third-order valence-corrected chi connectivity index (χ3v) is 5.76. The number of rotatable bonds is 6. The molecule has 164 valence electrons. The third kappa shape index (κ3) is 6.28. The van der Waals surface area contributed by atoms with Crippen molar-refractivity contribution in [3.05, 3.63) is 95.6 Å². The van der Waals surface area contributed by atoms with Gasteiger partial charge in [-0.3, -0.25) is 0 Å². The maximum Gasteiger partial charge on any atom is 0.435 e. The van der Waals surface area contributed by atoms with Crippen LogP contribution in [0.25, 0.3) is 0 Å². The van der Waals surface area contributed by atoms with Gasteiger partial charge in [-0.05, 0) is 42.0 Å². The summed E-state index contributed by atoms with van der Waals surface area (Å²) in [5.41, 5.74) is -1.60. The van der Waals surface area contributed by atoms with Crippen LogP contribution in [0.1, 0.15) is 16.7 Å². The van der Waals surface area contributed by atoms with E-state index in [-0.39, 0.29) is 17.7 Å². The zero-order valence-electron chi connectivity index (χ0n) is 15.7. The molecule has 3 aromatic rings. The molecule has 0 radical (unpaired) electrons. The van der Waals surface area contributed by atoms with E-state index in [1.807, 2.05) is 0 Å². The molecule has 0 fully saturated rings. The molecule has 0 aliphatic heterocycles. The molecule has 3 rings (SSSR count). The zero-order chi connectivity index (χ0) is 22.7. The van der Waals surface area contributed by atoms with Gasteiger partial charge in [-0.1, -0.05) is 42.5 Å². The highest BCUT2D eigenvalue weighted by Gasteiger charge is 2.34. The second kappa shape index (κ2) is 8.67. The van der Waals surface area contributed by atoms with Crippen LogP contribution in [0, 0.1) is 0 Å². The quantitative estimate of drug-likeness (QED) is 0.281. The molecule has 0 aliphatic rings. The van der Waals surface area contributed by atoms with E-state index < -0.39 is 31.1 Å². The number of hydrogen-bond donors (Lipinski definition) is 0. The molecule has 0 saturated heterocycles. The Kier molecular flexibility index (Phi) is 6.36. The summed E-state index contributed by atoms with van der Waals surface area (Å²) in [6.07, 6.45) is -9.70. The fourth-order valence-corrected chi connectivity index (χ4v) is 4.36. The summed E-state index contributed by atoms with van der Waals surface area (Å²) in [4.78, 5) is 0. The van der Waals surface area contributed by atoms with E-state index >= 15 is 0 Å². The molecule has 0 N–H and O–H groups in total. The Balaban J connectivity index is 1.95. The van der Waals surface area contributed by atoms with Gasteiger partial charge in [0.1, 0.15) is 11.5 Å². The monoisotopic (exact) mass is 460 g/mol. The van der Waals surface area contributed by atoms with Gasteiger partial charge in [0.05, 0.1) is 17.3 Å². The molecule has 0 amide bonds. The van der Waals surface area contributed by atoms with Crippen molar-refractivity contribution in [1.82, 2.24) is 0 Å². The SMILES string of the molecule is O=P(Cc1ccccc1)(Oc1cccc(C(F)(F)F)c1)Oc1cccc(C(F)(F)F)c1. The highest BCUT2D eigenvalue weighted by atomic mass is 31.2. The Bertz CT molecular complexity index is 1020. The first-order valence-corrected chi connectivity index (χ1v) is 10.5. The second-order valence-corrected chi connectivity index (χ2v) is 8.39. The molecule has 3 aromatic carbocycles. The molecule has 0 heterocycles.